The van der Waals surface area contributed by atoms with Crippen molar-refractivity contribution in [3.63, 3.8) is 0 Å². The van der Waals surface area contributed by atoms with Gasteiger partial charge >= 0.3 is 0 Å². The third-order valence-corrected chi connectivity index (χ3v) is 4.84. The first-order valence-corrected chi connectivity index (χ1v) is 7.65. The van der Waals surface area contributed by atoms with Gasteiger partial charge in [0.1, 0.15) is 12.4 Å². The van der Waals surface area contributed by atoms with Crippen LogP contribution in [0.1, 0.15) is 0 Å². The number of nitrogens with one attached hydrogen (secondary N) is 1. The number of carbonyl (C=O) groups is 1. The van der Waals surface area contributed by atoms with Crippen molar-refractivity contribution in [2.24, 2.45) is 17.8 Å². The van der Waals surface area contributed by atoms with Gasteiger partial charge in [-0.25, -0.2) is 4.98 Å². The molecular formula is C17H17FN2O3. The number of hydrogen-bond acceptors (Lipinski definition) is 4. The smallest absolute Gasteiger partial charge is 0.224 e. The molecule has 23 heavy (non-hydrogen) atoms. The third kappa shape index (κ3) is 2.29. The minimum atomic E-state index is -0.441. The Hall–Kier alpha value is -2.37. The molecule has 6 heteroatoms. The second-order valence-corrected chi connectivity index (χ2v) is 6.05. The number of ether oxygens (including phenoxy) is 2. The molecule has 1 saturated carbocycles. The molecule has 5 nitrogen and oxygen atoms in total. The summed E-state index contributed by atoms with van der Waals surface area (Å²) in [7, 11) is 1.61. The Morgan fingerprint density at radius 2 is 2.22 bits per heavy atom. The van der Waals surface area contributed by atoms with E-state index >= 15 is 0 Å². The molecule has 1 N–H and O–H groups in total. The van der Waals surface area contributed by atoms with Crippen molar-refractivity contribution < 1.29 is 18.7 Å². The summed E-state index contributed by atoms with van der Waals surface area (Å²) in [5, 5.41) is 4.73. The Bertz CT molecular complexity index is 767. The van der Waals surface area contributed by atoms with Crippen LogP contribution in [-0.4, -0.2) is 37.3 Å². The first-order valence-electron chi connectivity index (χ1n) is 7.65. The number of aromatic nitrogens is 1. The number of nitrogens with zero attached hydrogens (tertiary/aromatic N) is 1. The van der Waals surface area contributed by atoms with Crippen molar-refractivity contribution in [2.45, 2.75) is 6.04 Å². The summed E-state index contributed by atoms with van der Waals surface area (Å²) in [6, 6.07) is 7.44. The Kier molecular flexibility index (Phi) is 3.32. The van der Waals surface area contributed by atoms with E-state index in [1.54, 1.807) is 13.3 Å². The molecule has 2 aromatic rings. The second kappa shape index (κ2) is 5.37. The summed E-state index contributed by atoms with van der Waals surface area (Å²) in [5.41, 5.74) is 0. The van der Waals surface area contributed by atoms with Gasteiger partial charge in [0, 0.05) is 29.3 Å². The summed E-state index contributed by atoms with van der Waals surface area (Å²) >= 11 is 0. The maximum atomic E-state index is 12.9. The highest BCUT2D eigenvalue weighted by Crippen LogP contribution is 2.52. The summed E-state index contributed by atoms with van der Waals surface area (Å²) < 4.78 is 23.9. The number of piperidine rings is 1. The average molecular weight is 316 g/mol. The Labute approximate surface area is 132 Å². The fourth-order valence-corrected chi connectivity index (χ4v) is 3.58. The normalized spacial score (nSPS) is 28.3. The lowest BCUT2D eigenvalue weighted by molar-refractivity contribution is -0.121. The van der Waals surface area contributed by atoms with Gasteiger partial charge in [0.25, 0.3) is 0 Å². The van der Waals surface area contributed by atoms with Crippen LogP contribution in [0.25, 0.3) is 10.8 Å². The molecule has 1 saturated heterocycles. The summed E-state index contributed by atoms with van der Waals surface area (Å²) in [6.45, 7) is -0.143. The number of alkyl halides is 1. The maximum Gasteiger partial charge on any atom is 0.224 e. The van der Waals surface area contributed by atoms with Crippen LogP contribution < -0.4 is 14.8 Å². The monoisotopic (exact) mass is 316 g/mol. The number of amides is 1. The van der Waals surface area contributed by atoms with Gasteiger partial charge in [0.15, 0.2) is 0 Å². The molecule has 1 aliphatic heterocycles. The standard InChI is InChI=1S/C17H17FN2O3/c1-22-10-3-2-9-4-5-19-17(11(9)6-10)23-8-13-14-12(7-18)15(14)16(21)20-13/h2-6,12-15H,7-8H2,1H3,(H,20,21)/t12?,13-,14-,15-/m1/s1. The van der Waals surface area contributed by atoms with Crippen molar-refractivity contribution in [3.05, 3.63) is 30.5 Å². The first kappa shape index (κ1) is 14.2. The van der Waals surface area contributed by atoms with Gasteiger partial charge in [-0.05, 0) is 23.6 Å². The van der Waals surface area contributed by atoms with Crippen LogP contribution in [0.3, 0.4) is 0 Å². The number of methoxy groups -OCH3 is 1. The molecule has 1 aromatic heterocycles. The average Bonchev–Trinajstić information content (AvgIpc) is 3.23. The quantitative estimate of drug-likeness (QED) is 0.916. The molecule has 1 amide bonds. The predicted octanol–water partition coefficient (Wildman–Crippen LogP) is 1.95. The number of benzene rings is 1. The summed E-state index contributed by atoms with van der Waals surface area (Å²) in [6.07, 6.45) is 1.68. The number of carbonyl (C=O) groups excluding carboxylic acids is 1. The molecule has 0 bridgehead atoms. The highest BCUT2D eigenvalue weighted by Gasteiger charge is 2.63. The van der Waals surface area contributed by atoms with E-state index in [0.717, 1.165) is 16.5 Å². The van der Waals surface area contributed by atoms with E-state index < -0.39 is 6.67 Å². The van der Waals surface area contributed by atoms with Crippen LogP contribution in [0, 0.1) is 17.8 Å². The second-order valence-electron chi connectivity index (χ2n) is 6.05. The van der Waals surface area contributed by atoms with Gasteiger partial charge < -0.3 is 14.8 Å². The largest absolute Gasteiger partial charge is 0.497 e. The molecule has 2 heterocycles. The molecule has 1 aromatic carbocycles. The predicted molar refractivity (Wildman–Crippen MR) is 82.2 cm³/mol. The van der Waals surface area contributed by atoms with Gasteiger partial charge in [0.2, 0.25) is 11.8 Å². The van der Waals surface area contributed by atoms with Crippen LogP contribution >= 0.6 is 0 Å². The van der Waals surface area contributed by atoms with Crippen molar-refractivity contribution in [1.82, 2.24) is 10.3 Å². The molecule has 0 spiro atoms. The fourth-order valence-electron chi connectivity index (χ4n) is 3.58. The molecule has 2 fully saturated rings. The molecular weight excluding hydrogens is 299 g/mol. The van der Waals surface area contributed by atoms with Crippen LogP contribution in [0.5, 0.6) is 11.6 Å². The lowest BCUT2D eigenvalue weighted by Gasteiger charge is -2.16. The molecule has 1 aliphatic carbocycles. The number of fused-ring (bicyclic) bond motifs is 2. The van der Waals surface area contributed by atoms with E-state index in [-0.39, 0.29) is 29.7 Å². The zero-order valence-electron chi connectivity index (χ0n) is 12.7. The van der Waals surface area contributed by atoms with E-state index in [1.807, 2.05) is 24.3 Å². The van der Waals surface area contributed by atoms with Crippen molar-refractivity contribution in [2.75, 3.05) is 20.4 Å². The molecule has 4 rings (SSSR count). The van der Waals surface area contributed by atoms with Crippen LogP contribution in [-0.2, 0) is 4.79 Å². The highest BCUT2D eigenvalue weighted by molar-refractivity contribution is 5.88. The van der Waals surface area contributed by atoms with Crippen LogP contribution in [0.15, 0.2) is 30.5 Å². The van der Waals surface area contributed by atoms with Gasteiger partial charge in [-0.2, -0.15) is 0 Å². The van der Waals surface area contributed by atoms with Crippen molar-refractivity contribution in [3.8, 4) is 11.6 Å². The number of pyridine rings is 1. The number of halogens is 1. The topological polar surface area (TPSA) is 60.5 Å². The molecule has 4 atom stereocenters. The van der Waals surface area contributed by atoms with E-state index in [1.165, 1.54) is 0 Å². The van der Waals surface area contributed by atoms with E-state index in [9.17, 15) is 9.18 Å². The van der Waals surface area contributed by atoms with Crippen molar-refractivity contribution >= 4 is 16.7 Å². The third-order valence-electron chi connectivity index (χ3n) is 4.84. The van der Waals surface area contributed by atoms with Gasteiger partial charge in [0.05, 0.1) is 19.8 Å². The van der Waals surface area contributed by atoms with Gasteiger partial charge in [-0.3, -0.25) is 9.18 Å². The Balaban J connectivity index is 1.53. The number of rotatable bonds is 5. The zero-order chi connectivity index (χ0) is 16.0. The lowest BCUT2D eigenvalue weighted by Crippen LogP contribution is -2.37. The summed E-state index contributed by atoms with van der Waals surface area (Å²) in [5.74, 6) is 0.906. The van der Waals surface area contributed by atoms with Crippen LogP contribution in [0.4, 0.5) is 4.39 Å². The first-order chi connectivity index (χ1) is 11.2. The van der Waals surface area contributed by atoms with E-state index in [0.29, 0.717) is 12.5 Å². The van der Waals surface area contributed by atoms with Crippen LogP contribution in [0.2, 0.25) is 0 Å². The zero-order valence-corrected chi connectivity index (χ0v) is 12.7. The molecule has 2 aliphatic rings. The minimum absolute atomic E-state index is 0.0528. The van der Waals surface area contributed by atoms with Crippen molar-refractivity contribution in [1.29, 1.82) is 0 Å². The van der Waals surface area contributed by atoms with Gasteiger partial charge in [-0.15, -0.1) is 0 Å². The maximum absolute atomic E-state index is 12.9. The molecule has 0 radical (unpaired) electrons. The fraction of sp³-hybridized carbons (Fsp3) is 0.412. The number of hydrogen-bond donors (Lipinski definition) is 1. The Morgan fingerprint density at radius 3 is 2.96 bits per heavy atom. The summed E-state index contributed by atoms with van der Waals surface area (Å²) in [4.78, 5) is 16.0. The Morgan fingerprint density at radius 1 is 1.35 bits per heavy atom. The molecule has 1 unspecified atom stereocenters. The van der Waals surface area contributed by atoms with E-state index in [2.05, 4.69) is 10.3 Å². The molecule has 120 valence electrons. The van der Waals surface area contributed by atoms with E-state index in [4.69, 9.17) is 9.47 Å². The van der Waals surface area contributed by atoms with Gasteiger partial charge in [-0.1, -0.05) is 6.07 Å². The SMILES string of the molecule is COc1ccc2ccnc(OC[C@H]3NC(=O)[C@@H]4C(CF)[C@@H]43)c2c1. The lowest BCUT2D eigenvalue weighted by atomic mass is 10.1. The minimum Gasteiger partial charge on any atom is -0.497 e. The highest BCUT2D eigenvalue weighted by atomic mass is 19.1.